The highest BCUT2D eigenvalue weighted by atomic mass is 16.5. The van der Waals surface area contributed by atoms with E-state index in [2.05, 4.69) is 0 Å². The summed E-state index contributed by atoms with van der Waals surface area (Å²) in [5, 5.41) is 12.4. The second-order valence-electron chi connectivity index (χ2n) is 9.23. The van der Waals surface area contributed by atoms with Crippen LogP contribution in [0.5, 0.6) is 5.75 Å². The Balaban J connectivity index is 1.66. The van der Waals surface area contributed by atoms with E-state index in [1.165, 1.54) is 0 Å². The summed E-state index contributed by atoms with van der Waals surface area (Å²) in [7, 11) is 1.96. The van der Waals surface area contributed by atoms with Gasteiger partial charge in [-0.25, -0.2) is 0 Å². The number of aromatic nitrogens is 1. The maximum absolute atomic E-state index is 13.4. The molecule has 1 aliphatic heterocycles. The summed E-state index contributed by atoms with van der Waals surface area (Å²) in [5.41, 5.74) is 2.55. The van der Waals surface area contributed by atoms with Crippen molar-refractivity contribution < 1.29 is 19.4 Å². The van der Waals surface area contributed by atoms with E-state index >= 15 is 0 Å². The minimum atomic E-state index is -0.620. The molecule has 2 aliphatic rings. The van der Waals surface area contributed by atoms with Crippen molar-refractivity contribution in [2.45, 2.75) is 51.1 Å². The Morgan fingerprint density at radius 1 is 1.06 bits per heavy atom. The molecule has 3 aromatic rings. The average Bonchev–Trinajstić information content (AvgIpc) is 3.56. The second-order valence-corrected chi connectivity index (χ2v) is 9.23. The molecule has 0 spiro atoms. The van der Waals surface area contributed by atoms with E-state index in [1.807, 2.05) is 49.0 Å². The molecule has 2 heterocycles. The lowest BCUT2D eigenvalue weighted by atomic mass is 9.94. The topological polar surface area (TPSA) is 71.8 Å². The summed E-state index contributed by atoms with van der Waals surface area (Å²) in [6.45, 7) is 2.65. The third-order valence-electron chi connectivity index (χ3n) is 7.02. The summed E-state index contributed by atoms with van der Waals surface area (Å²) >= 11 is 0. The number of amides is 1. The average molecular weight is 459 g/mol. The van der Waals surface area contributed by atoms with E-state index in [-0.39, 0.29) is 17.4 Å². The maximum atomic E-state index is 13.4. The van der Waals surface area contributed by atoms with Crippen LogP contribution in [-0.2, 0) is 16.6 Å². The number of carbonyl (C=O) groups excluding carboxylic acids is 2. The van der Waals surface area contributed by atoms with Crippen molar-refractivity contribution in [1.82, 2.24) is 9.47 Å². The first-order valence-electron chi connectivity index (χ1n) is 12.1. The smallest absolute Gasteiger partial charge is 0.295 e. The number of aryl methyl sites for hydroxylation is 1. The van der Waals surface area contributed by atoms with Gasteiger partial charge >= 0.3 is 0 Å². The lowest BCUT2D eigenvalue weighted by molar-refractivity contribution is -0.141. The molecule has 1 saturated carbocycles. The van der Waals surface area contributed by atoms with Gasteiger partial charge in [0.2, 0.25) is 0 Å². The molecule has 2 fully saturated rings. The van der Waals surface area contributed by atoms with Crippen LogP contribution in [-0.4, -0.2) is 38.9 Å². The molecule has 176 valence electrons. The van der Waals surface area contributed by atoms with E-state index in [9.17, 15) is 14.7 Å². The summed E-state index contributed by atoms with van der Waals surface area (Å²) in [4.78, 5) is 28.5. The molecule has 6 nitrogen and oxygen atoms in total. The summed E-state index contributed by atoms with van der Waals surface area (Å²) in [6.07, 6.45) is 6.70. The van der Waals surface area contributed by atoms with E-state index in [1.54, 1.807) is 29.2 Å². The molecule has 1 aromatic heterocycles. The molecule has 34 heavy (non-hydrogen) atoms. The van der Waals surface area contributed by atoms with Crippen molar-refractivity contribution in [3.63, 3.8) is 0 Å². The normalized spacial score (nSPS) is 20.5. The predicted molar refractivity (Wildman–Crippen MR) is 132 cm³/mol. The number of rotatable bonds is 6. The molecule has 1 amide bonds. The monoisotopic (exact) mass is 458 g/mol. The zero-order valence-corrected chi connectivity index (χ0v) is 19.7. The molecule has 0 radical (unpaired) electrons. The first-order valence-corrected chi connectivity index (χ1v) is 12.1. The highest BCUT2D eigenvalue weighted by Gasteiger charge is 2.49. The largest absolute Gasteiger partial charge is 0.507 e. The quantitative estimate of drug-likeness (QED) is 0.308. The van der Waals surface area contributed by atoms with Crippen LogP contribution < -0.4 is 4.74 Å². The Labute approximate surface area is 199 Å². The standard InChI is InChI=1S/C28H30N2O4/c1-3-16-34-20-14-12-18(13-15-20)26(31)24-25(22-17-29(2)23-11-7-6-10-21(22)23)30(28(33)27(24)32)19-8-4-5-9-19/h6-7,10-15,17,19,25,31H,3-5,8-9,16H2,1-2H3/b26-24+. The molecule has 2 aromatic carbocycles. The fourth-order valence-electron chi connectivity index (χ4n) is 5.39. The van der Waals surface area contributed by atoms with Gasteiger partial charge in [-0.3, -0.25) is 9.59 Å². The number of Topliss-reactive ketones (excluding diaryl/α,β-unsaturated/α-hetero) is 1. The van der Waals surface area contributed by atoms with Gasteiger partial charge in [-0.1, -0.05) is 38.0 Å². The number of aliphatic hydroxyl groups excluding tert-OH is 1. The Morgan fingerprint density at radius 3 is 2.47 bits per heavy atom. The predicted octanol–water partition coefficient (Wildman–Crippen LogP) is 5.33. The van der Waals surface area contributed by atoms with E-state index < -0.39 is 17.7 Å². The molecule has 5 rings (SSSR count). The van der Waals surface area contributed by atoms with Gasteiger partial charge in [-0.15, -0.1) is 0 Å². The zero-order chi connectivity index (χ0) is 23.8. The van der Waals surface area contributed by atoms with Crippen LogP contribution in [0.4, 0.5) is 0 Å². The number of ether oxygens (including phenoxy) is 1. The number of aliphatic hydroxyl groups is 1. The second kappa shape index (κ2) is 9.01. The van der Waals surface area contributed by atoms with Gasteiger partial charge < -0.3 is 19.3 Å². The Hall–Kier alpha value is -3.54. The molecule has 1 unspecified atom stereocenters. The van der Waals surface area contributed by atoms with Crippen LogP contribution in [0, 0.1) is 0 Å². The molecule has 1 saturated heterocycles. The van der Waals surface area contributed by atoms with Gasteiger partial charge in [0.05, 0.1) is 18.2 Å². The highest BCUT2D eigenvalue weighted by molar-refractivity contribution is 6.46. The van der Waals surface area contributed by atoms with Crippen LogP contribution in [0.1, 0.15) is 56.2 Å². The Bertz CT molecular complexity index is 1270. The molecule has 1 N–H and O–H groups in total. The lowest BCUT2D eigenvalue weighted by Crippen LogP contribution is -2.37. The number of para-hydroxylation sites is 1. The molecule has 0 bridgehead atoms. The van der Waals surface area contributed by atoms with Gasteiger partial charge in [-0.05, 0) is 49.6 Å². The summed E-state index contributed by atoms with van der Waals surface area (Å²) < 4.78 is 7.66. The van der Waals surface area contributed by atoms with Gasteiger partial charge in [0.15, 0.2) is 0 Å². The third-order valence-corrected chi connectivity index (χ3v) is 7.02. The Kier molecular flexibility index (Phi) is 5.90. The molecular formula is C28H30N2O4. The number of hydrogen-bond donors (Lipinski definition) is 1. The first-order chi connectivity index (χ1) is 16.5. The number of carbonyl (C=O) groups is 2. The SMILES string of the molecule is CCCOc1ccc(/C(O)=C2\C(=O)C(=O)N(C3CCCC3)C2c2cn(C)c3ccccc23)cc1. The fourth-order valence-corrected chi connectivity index (χ4v) is 5.39. The van der Waals surface area contributed by atoms with Gasteiger partial charge in [0.1, 0.15) is 11.5 Å². The zero-order valence-electron chi connectivity index (χ0n) is 19.7. The fraction of sp³-hybridized carbons (Fsp3) is 0.357. The molecular weight excluding hydrogens is 428 g/mol. The number of nitrogens with zero attached hydrogens (tertiary/aromatic N) is 2. The van der Waals surface area contributed by atoms with Gasteiger partial charge in [0.25, 0.3) is 11.7 Å². The van der Waals surface area contributed by atoms with Crippen molar-refractivity contribution in [3.8, 4) is 5.75 Å². The van der Waals surface area contributed by atoms with Crippen molar-refractivity contribution in [3.05, 3.63) is 71.4 Å². The van der Waals surface area contributed by atoms with Crippen molar-refractivity contribution in [1.29, 1.82) is 0 Å². The van der Waals surface area contributed by atoms with Crippen LogP contribution in [0.3, 0.4) is 0 Å². The summed E-state index contributed by atoms with van der Waals surface area (Å²) in [6, 6.07) is 14.4. The van der Waals surface area contributed by atoms with E-state index in [4.69, 9.17) is 4.74 Å². The molecule has 6 heteroatoms. The van der Waals surface area contributed by atoms with E-state index in [0.717, 1.165) is 48.6 Å². The minimum absolute atomic E-state index is 0.00413. The third kappa shape index (κ3) is 3.67. The first kappa shape index (κ1) is 22.3. The molecule has 1 atom stereocenters. The summed E-state index contributed by atoms with van der Waals surface area (Å²) in [5.74, 6) is -0.572. The van der Waals surface area contributed by atoms with E-state index in [0.29, 0.717) is 17.9 Å². The van der Waals surface area contributed by atoms with Crippen molar-refractivity contribution in [2.24, 2.45) is 7.05 Å². The van der Waals surface area contributed by atoms with Gasteiger partial charge in [-0.2, -0.15) is 0 Å². The number of ketones is 1. The van der Waals surface area contributed by atoms with Crippen LogP contribution in [0.2, 0.25) is 0 Å². The van der Waals surface area contributed by atoms with Crippen molar-refractivity contribution in [2.75, 3.05) is 6.61 Å². The van der Waals surface area contributed by atoms with Gasteiger partial charge in [0, 0.05) is 41.3 Å². The van der Waals surface area contributed by atoms with Crippen LogP contribution >= 0.6 is 0 Å². The number of hydrogen-bond acceptors (Lipinski definition) is 4. The number of benzene rings is 2. The lowest BCUT2D eigenvalue weighted by Gasteiger charge is -2.30. The van der Waals surface area contributed by atoms with Crippen LogP contribution in [0.25, 0.3) is 16.7 Å². The molecule has 1 aliphatic carbocycles. The van der Waals surface area contributed by atoms with Crippen molar-refractivity contribution >= 4 is 28.4 Å². The van der Waals surface area contributed by atoms with Crippen LogP contribution in [0.15, 0.2) is 60.3 Å². The number of likely N-dealkylation sites (tertiary alicyclic amines) is 1. The Morgan fingerprint density at radius 2 is 1.76 bits per heavy atom. The number of fused-ring (bicyclic) bond motifs is 1. The maximum Gasteiger partial charge on any atom is 0.295 e. The minimum Gasteiger partial charge on any atom is -0.507 e. The highest BCUT2D eigenvalue weighted by Crippen LogP contribution is 2.45.